The van der Waals surface area contributed by atoms with E-state index < -0.39 is 0 Å². The summed E-state index contributed by atoms with van der Waals surface area (Å²) in [5, 5.41) is 3.71. The molecule has 118 valence electrons. The number of likely N-dealkylation sites (tertiary alicyclic amines) is 1. The summed E-state index contributed by atoms with van der Waals surface area (Å²) in [5.74, 6) is 1.01. The molecule has 2 nitrogen and oxygen atoms in total. The Balaban J connectivity index is 1.92. The normalized spacial score (nSPS) is 30.0. The molecule has 1 saturated carbocycles. The van der Waals surface area contributed by atoms with Crippen molar-refractivity contribution in [1.82, 2.24) is 10.2 Å². The summed E-state index contributed by atoms with van der Waals surface area (Å²) < 4.78 is 0. The van der Waals surface area contributed by atoms with Crippen molar-refractivity contribution in [2.45, 2.75) is 84.7 Å². The Kier molecular flexibility index (Phi) is 5.92. The van der Waals surface area contributed by atoms with Gasteiger partial charge in [0, 0.05) is 18.6 Å². The maximum absolute atomic E-state index is 3.71. The Morgan fingerprint density at radius 2 is 1.85 bits per heavy atom. The molecule has 0 radical (unpaired) electrons. The first-order valence-electron chi connectivity index (χ1n) is 9.02. The second-order valence-electron chi connectivity index (χ2n) is 7.89. The average Bonchev–Trinajstić information content (AvgIpc) is 2.44. The number of fused-ring (bicyclic) bond motifs is 1. The fourth-order valence-electron chi connectivity index (χ4n) is 4.22. The second-order valence-corrected chi connectivity index (χ2v) is 7.89. The van der Waals surface area contributed by atoms with Crippen LogP contribution in [0.1, 0.15) is 72.6 Å². The van der Waals surface area contributed by atoms with Gasteiger partial charge in [-0.15, -0.1) is 0 Å². The van der Waals surface area contributed by atoms with E-state index in [-0.39, 0.29) is 0 Å². The summed E-state index contributed by atoms with van der Waals surface area (Å²) in [7, 11) is 0. The quantitative estimate of drug-likeness (QED) is 0.789. The number of piperidine rings is 1. The molecule has 2 heteroatoms. The second kappa shape index (κ2) is 7.26. The van der Waals surface area contributed by atoms with Crippen molar-refractivity contribution >= 4 is 0 Å². The molecule has 2 aliphatic rings. The van der Waals surface area contributed by atoms with Crippen LogP contribution in [-0.2, 0) is 0 Å². The van der Waals surface area contributed by atoms with Crippen LogP contribution in [0.15, 0.2) is 0 Å². The molecule has 0 amide bonds. The fraction of sp³-hybridized carbons (Fsp3) is 1.00. The zero-order valence-corrected chi connectivity index (χ0v) is 14.3. The molecule has 1 heterocycles. The van der Waals surface area contributed by atoms with E-state index in [2.05, 4.69) is 37.9 Å². The summed E-state index contributed by atoms with van der Waals surface area (Å²) in [6.45, 7) is 13.3. The van der Waals surface area contributed by atoms with Crippen molar-refractivity contribution < 1.29 is 0 Å². The van der Waals surface area contributed by atoms with E-state index in [1.165, 1.54) is 58.0 Å². The predicted molar refractivity (Wildman–Crippen MR) is 88.1 cm³/mol. The lowest BCUT2D eigenvalue weighted by atomic mass is 9.76. The minimum atomic E-state index is 0.370. The summed E-state index contributed by atoms with van der Waals surface area (Å²) in [5.41, 5.74) is 0.370. The third-order valence-corrected chi connectivity index (χ3v) is 5.84. The van der Waals surface area contributed by atoms with E-state index in [1.54, 1.807) is 0 Å². The maximum atomic E-state index is 3.71. The van der Waals surface area contributed by atoms with Crippen LogP contribution < -0.4 is 5.32 Å². The Bertz CT molecular complexity index is 285. The Morgan fingerprint density at radius 3 is 2.60 bits per heavy atom. The fourth-order valence-corrected chi connectivity index (χ4v) is 4.22. The monoisotopic (exact) mass is 280 g/mol. The lowest BCUT2D eigenvalue weighted by Crippen LogP contribution is -2.53. The molecule has 3 atom stereocenters. The van der Waals surface area contributed by atoms with E-state index in [0.29, 0.717) is 11.5 Å². The third kappa shape index (κ3) is 3.98. The van der Waals surface area contributed by atoms with E-state index in [4.69, 9.17) is 0 Å². The zero-order valence-electron chi connectivity index (χ0n) is 14.3. The highest BCUT2D eigenvalue weighted by atomic mass is 15.2. The summed E-state index contributed by atoms with van der Waals surface area (Å²) >= 11 is 0. The molecular formula is C18H36N2. The van der Waals surface area contributed by atoms with Crippen LogP contribution in [0.2, 0.25) is 0 Å². The van der Waals surface area contributed by atoms with E-state index in [9.17, 15) is 0 Å². The highest BCUT2D eigenvalue weighted by Gasteiger charge is 2.37. The van der Waals surface area contributed by atoms with Gasteiger partial charge in [0.2, 0.25) is 0 Å². The third-order valence-electron chi connectivity index (χ3n) is 5.84. The molecule has 0 bridgehead atoms. The average molecular weight is 280 g/mol. The van der Waals surface area contributed by atoms with Crippen LogP contribution in [0.25, 0.3) is 0 Å². The van der Waals surface area contributed by atoms with Crippen LogP contribution in [0.3, 0.4) is 0 Å². The Morgan fingerprint density at radius 1 is 1.15 bits per heavy atom. The number of nitrogens with zero attached hydrogens (tertiary/aromatic N) is 1. The highest BCUT2D eigenvalue weighted by Crippen LogP contribution is 2.37. The molecule has 1 aliphatic carbocycles. The first-order chi connectivity index (χ1) is 9.54. The van der Waals surface area contributed by atoms with Crippen molar-refractivity contribution in [3.8, 4) is 0 Å². The van der Waals surface area contributed by atoms with Gasteiger partial charge in [0.15, 0.2) is 0 Å². The van der Waals surface area contributed by atoms with Gasteiger partial charge >= 0.3 is 0 Å². The van der Waals surface area contributed by atoms with Crippen LogP contribution in [0, 0.1) is 11.3 Å². The van der Waals surface area contributed by atoms with Gasteiger partial charge in [-0.25, -0.2) is 0 Å². The molecule has 0 aromatic rings. The molecular weight excluding hydrogens is 244 g/mol. The van der Waals surface area contributed by atoms with E-state index in [1.807, 2.05) is 0 Å². The van der Waals surface area contributed by atoms with E-state index in [0.717, 1.165) is 18.5 Å². The van der Waals surface area contributed by atoms with Crippen LogP contribution >= 0.6 is 0 Å². The highest BCUT2D eigenvalue weighted by molar-refractivity contribution is 4.92. The molecule has 0 aromatic heterocycles. The van der Waals surface area contributed by atoms with Gasteiger partial charge in [0.1, 0.15) is 0 Å². The van der Waals surface area contributed by atoms with Gasteiger partial charge in [-0.1, -0.05) is 33.6 Å². The van der Waals surface area contributed by atoms with Gasteiger partial charge in [-0.2, -0.15) is 0 Å². The van der Waals surface area contributed by atoms with Gasteiger partial charge in [0.25, 0.3) is 0 Å². The molecule has 2 fully saturated rings. The standard InChI is InChI=1S/C18H36N2/c1-5-12-19-15(2)18(3,4)14-20-13-8-10-16-9-6-7-11-17(16)20/h15-17,19H,5-14H2,1-4H3/t15?,16-,17-/m1/s1. The molecule has 1 aliphatic heterocycles. The van der Waals surface area contributed by atoms with Gasteiger partial charge in [-0.05, 0) is 63.5 Å². The smallest absolute Gasteiger partial charge is 0.0124 e. The van der Waals surface area contributed by atoms with Gasteiger partial charge < -0.3 is 5.32 Å². The largest absolute Gasteiger partial charge is 0.314 e. The van der Waals surface area contributed by atoms with Crippen LogP contribution in [-0.4, -0.2) is 36.6 Å². The van der Waals surface area contributed by atoms with Crippen molar-refractivity contribution in [3.05, 3.63) is 0 Å². The number of nitrogens with one attached hydrogen (secondary N) is 1. The number of hydrogen-bond donors (Lipinski definition) is 1. The minimum Gasteiger partial charge on any atom is -0.314 e. The Hall–Kier alpha value is -0.0800. The van der Waals surface area contributed by atoms with Crippen molar-refractivity contribution in [3.63, 3.8) is 0 Å². The van der Waals surface area contributed by atoms with Crippen LogP contribution in [0.5, 0.6) is 0 Å². The number of rotatable bonds is 6. The molecule has 0 spiro atoms. The molecule has 2 rings (SSSR count). The predicted octanol–water partition coefficient (Wildman–Crippen LogP) is 4.06. The van der Waals surface area contributed by atoms with Crippen molar-refractivity contribution in [2.75, 3.05) is 19.6 Å². The van der Waals surface area contributed by atoms with E-state index >= 15 is 0 Å². The lowest BCUT2D eigenvalue weighted by Gasteiger charge is -2.48. The molecule has 20 heavy (non-hydrogen) atoms. The SMILES string of the molecule is CCCNC(C)C(C)(C)CN1CCC[C@H]2CCCC[C@H]21. The summed E-state index contributed by atoms with van der Waals surface area (Å²) in [6.07, 6.45) is 10.0. The first-order valence-corrected chi connectivity index (χ1v) is 9.02. The molecule has 1 unspecified atom stereocenters. The molecule has 0 aromatic carbocycles. The van der Waals surface area contributed by atoms with Crippen molar-refractivity contribution in [2.24, 2.45) is 11.3 Å². The lowest BCUT2D eigenvalue weighted by molar-refractivity contribution is 0.0237. The first kappa shape index (κ1) is 16.3. The zero-order chi connectivity index (χ0) is 14.6. The summed E-state index contributed by atoms with van der Waals surface area (Å²) in [4.78, 5) is 2.84. The molecule has 1 N–H and O–H groups in total. The molecule has 1 saturated heterocycles. The van der Waals surface area contributed by atoms with Gasteiger partial charge in [-0.3, -0.25) is 4.90 Å². The number of hydrogen-bond acceptors (Lipinski definition) is 2. The Labute approximate surface area is 126 Å². The van der Waals surface area contributed by atoms with Gasteiger partial charge in [0.05, 0.1) is 0 Å². The topological polar surface area (TPSA) is 15.3 Å². The summed E-state index contributed by atoms with van der Waals surface area (Å²) in [6, 6.07) is 1.50. The van der Waals surface area contributed by atoms with Crippen LogP contribution in [0.4, 0.5) is 0 Å². The van der Waals surface area contributed by atoms with Crippen molar-refractivity contribution in [1.29, 1.82) is 0 Å². The minimum absolute atomic E-state index is 0.370. The maximum Gasteiger partial charge on any atom is 0.0124 e.